The van der Waals surface area contributed by atoms with E-state index in [1.54, 1.807) is 6.07 Å². The quantitative estimate of drug-likeness (QED) is 0.510. The summed E-state index contributed by atoms with van der Waals surface area (Å²) in [6, 6.07) is 7.15. The predicted molar refractivity (Wildman–Crippen MR) is 64.1 cm³/mol. The number of rotatable bonds is 4. The van der Waals surface area contributed by atoms with E-state index in [0.29, 0.717) is 6.08 Å². The number of ketones is 1. The van der Waals surface area contributed by atoms with Gasteiger partial charge in [-0.05, 0) is 10.7 Å². The summed E-state index contributed by atoms with van der Waals surface area (Å²) in [5, 5.41) is 2.21. The number of carbonyl (C=O) groups is 1. The fourth-order valence-corrected chi connectivity index (χ4v) is 1.39. The third-order valence-electron chi connectivity index (χ3n) is 2.29. The van der Waals surface area contributed by atoms with Gasteiger partial charge in [0.1, 0.15) is 7.11 Å². The molecule has 0 atom stereocenters. The Morgan fingerprint density at radius 1 is 1.26 bits per heavy atom. The van der Waals surface area contributed by atoms with Crippen molar-refractivity contribution in [3.63, 3.8) is 0 Å². The molecule has 0 saturated heterocycles. The van der Waals surface area contributed by atoms with Gasteiger partial charge in [0.2, 0.25) is 5.78 Å². The van der Waals surface area contributed by atoms with Crippen LogP contribution in [-0.4, -0.2) is 24.8 Å². The van der Waals surface area contributed by atoms with Gasteiger partial charge in [-0.25, -0.2) is 0 Å². The lowest BCUT2D eigenvalue weighted by Crippen LogP contribution is -2.72. The summed E-state index contributed by atoms with van der Waals surface area (Å²) < 4.78 is 38.8. The largest absolute Gasteiger partial charge is 0.417 e. The van der Waals surface area contributed by atoms with Crippen molar-refractivity contribution in [3.05, 3.63) is 42.0 Å². The maximum absolute atomic E-state index is 12.9. The van der Waals surface area contributed by atoms with E-state index >= 15 is 0 Å². The van der Waals surface area contributed by atoms with Crippen molar-refractivity contribution < 1.29 is 28.0 Å². The molecule has 19 heavy (non-hydrogen) atoms. The molecule has 0 aliphatic heterocycles. The first-order valence-electron chi connectivity index (χ1n) is 5.37. The molecule has 102 valence electrons. The van der Waals surface area contributed by atoms with E-state index in [-0.39, 0.29) is 11.3 Å². The van der Waals surface area contributed by atoms with E-state index in [2.05, 4.69) is 9.99 Å². The number of nitrogens with one attached hydrogen (secondary N) is 1. The highest BCUT2D eigenvalue weighted by molar-refractivity contribution is 6.42. The molecule has 3 nitrogen and oxygen atoms in total. The second-order valence-electron chi connectivity index (χ2n) is 3.72. The molecule has 0 aromatic heterocycles. The van der Waals surface area contributed by atoms with Crippen molar-refractivity contribution >= 4 is 17.1 Å². The summed E-state index contributed by atoms with van der Waals surface area (Å²) >= 11 is 0. The molecule has 6 heteroatoms. The molecule has 1 aromatic carbocycles. The summed E-state index contributed by atoms with van der Waals surface area (Å²) in [4.78, 5) is 16.1. The molecule has 0 aliphatic rings. The minimum Gasteiger partial charge on any atom is -0.283 e. The van der Waals surface area contributed by atoms with Crippen molar-refractivity contribution in [1.82, 2.24) is 0 Å². The van der Waals surface area contributed by atoms with Crippen LogP contribution < -0.4 is 5.16 Å². The molecule has 0 saturated carbocycles. The number of hydrogen-bond donors (Lipinski definition) is 1. The summed E-state index contributed by atoms with van der Waals surface area (Å²) in [6.07, 6.45) is -4.05. The highest BCUT2D eigenvalue weighted by Gasteiger charge is 2.35. The minimum atomic E-state index is -4.61. The number of benzene rings is 1. The zero-order valence-corrected chi connectivity index (χ0v) is 10.4. The summed E-state index contributed by atoms with van der Waals surface area (Å²) in [6.45, 7) is 1.33. The molecule has 1 N–H and O–H groups in total. The summed E-state index contributed by atoms with van der Waals surface area (Å²) in [5.74, 6) is -0.793. The maximum atomic E-state index is 12.9. The second kappa shape index (κ2) is 6.17. The maximum Gasteiger partial charge on any atom is 0.417 e. The molecule has 0 aliphatic carbocycles. The fraction of sp³-hybridized carbons (Fsp3) is 0.231. The van der Waals surface area contributed by atoms with Gasteiger partial charge in [0.15, 0.2) is 0 Å². The standard InChI is InChI=1S/C13H12F3NO2/c1-9(17-19-2)12(18)8-11(13(14,15)16)10-6-4-3-5-7-10/h3-8H,1-2H3/p+1/b11-8+,17-9+. The first-order valence-corrected chi connectivity index (χ1v) is 5.37. The van der Waals surface area contributed by atoms with Crippen molar-refractivity contribution in [1.29, 1.82) is 0 Å². The second-order valence-corrected chi connectivity index (χ2v) is 3.72. The van der Waals surface area contributed by atoms with Gasteiger partial charge in [0, 0.05) is 13.0 Å². The third-order valence-corrected chi connectivity index (χ3v) is 2.29. The highest BCUT2D eigenvalue weighted by atomic mass is 19.4. The Bertz CT molecular complexity index is 504. The molecule has 0 unspecified atom stereocenters. The van der Waals surface area contributed by atoms with Gasteiger partial charge in [-0.15, -0.1) is 0 Å². The Labute approximate surface area is 108 Å². The Balaban J connectivity index is 3.20. The average Bonchev–Trinajstić information content (AvgIpc) is 2.35. The van der Waals surface area contributed by atoms with Gasteiger partial charge in [-0.1, -0.05) is 30.3 Å². The van der Waals surface area contributed by atoms with Crippen molar-refractivity contribution in [2.24, 2.45) is 0 Å². The van der Waals surface area contributed by atoms with Gasteiger partial charge in [-0.2, -0.15) is 13.2 Å². The molecule has 0 spiro atoms. The normalized spacial score (nSPS) is 13.3. The van der Waals surface area contributed by atoms with Gasteiger partial charge < -0.3 is 0 Å². The SMILES string of the molecule is CO/[NH+]=C(\C)C(=O)/C=C(\c1ccccc1)C(F)(F)F. The van der Waals surface area contributed by atoms with E-state index < -0.39 is 17.5 Å². The predicted octanol–water partition coefficient (Wildman–Crippen LogP) is 1.30. The highest BCUT2D eigenvalue weighted by Crippen LogP contribution is 2.33. The van der Waals surface area contributed by atoms with Crippen molar-refractivity contribution in [2.75, 3.05) is 7.11 Å². The van der Waals surface area contributed by atoms with Crippen LogP contribution in [0.2, 0.25) is 0 Å². The lowest BCUT2D eigenvalue weighted by Gasteiger charge is -2.11. The van der Waals surface area contributed by atoms with Crippen LogP contribution in [-0.2, 0) is 9.63 Å². The smallest absolute Gasteiger partial charge is 0.283 e. The zero-order valence-electron chi connectivity index (χ0n) is 10.4. The van der Waals surface area contributed by atoms with E-state index in [0.717, 1.165) is 0 Å². The van der Waals surface area contributed by atoms with E-state index in [1.165, 1.54) is 38.3 Å². The third kappa shape index (κ3) is 4.24. The van der Waals surface area contributed by atoms with E-state index in [1.807, 2.05) is 0 Å². The van der Waals surface area contributed by atoms with Gasteiger partial charge in [0.05, 0.1) is 5.57 Å². The monoisotopic (exact) mass is 272 g/mol. The van der Waals surface area contributed by atoms with Crippen molar-refractivity contribution in [3.8, 4) is 0 Å². The van der Waals surface area contributed by atoms with Gasteiger partial charge >= 0.3 is 6.18 Å². The molecule has 0 radical (unpaired) electrons. The molecule has 0 amide bonds. The molecular formula is C13H13F3NO2+. The van der Waals surface area contributed by atoms with Crippen molar-refractivity contribution in [2.45, 2.75) is 13.1 Å². The van der Waals surface area contributed by atoms with Crippen LogP contribution in [0.4, 0.5) is 13.2 Å². The van der Waals surface area contributed by atoms with Crippen LogP contribution in [0, 0.1) is 0 Å². The van der Waals surface area contributed by atoms with Crippen LogP contribution in [0.3, 0.4) is 0 Å². The number of alkyl halides is 3. The molecule has 0 heterocycles. The Kier molecular flexibility index (Phi) is 4.86. The summed E-state index contributed by atoms with van der Waals surface area (Å²) in [7, 11) is 1.27. The summed E-state index contributed by atoms with van der Waals surface area (Å²) in [5.41, 5.74) is -1.08. The molecule has 1 rings (SSSR count). The van der Waals surface area contributed by atoms with Crippen LogP contribution in [0.25, 0.3) is 5.57 Å². The van der Waals surface area contributed by atoms with E-state index in [4.69, 9.17) is 0 Å². The molecular weight excluding hydrogens is 259 g/mol. The molecule has 0 fully saturated rings. The van der Waals surface area contributed by atoms with Crippen LogP contribution in [0.1, 0.15) is 12.5 Å². The zero-order chi connectivity index (χ0) is 14.5. The lowest BCUT2D eigenvalue weighted by atomic mass is 10.0. The molecule has 0 bridgehead atoms. The number of hydrogen-bond acceptors (Lipinski definition) is 2. The lowest BCUT2D eigenvalue weighted by molar-refractivity contribution is -0.743. The minimum absolute atomic E-state index is 0.0276. The van der Waals surface area contributed by atoms with Crippen LogP contribution in [0.5, 0.6) is 0 Å². The number of halogens is 3. The first kappa shape index (κ1) is 14.9. The van der Waals surface area contributed by atoms with E-state index in [9.17, 15) is 18.0 Å². The van der Waals surface area contributed by atoms with Gasteiger partial charge in [0.25, 0.3) is 5.71 Å². The van der Waals surface area contributed by atoms with Gasteiger partial charge in [-0.3, -0.25) is 9.63 Å². The molecule has 1 aromatic rings. The first-order chi connectivity index (χ1) is 8.86. The Hall–Kier alpha value is -2.11. The fourth-order valence-electron chi connectivity index (χ4n) is 1.39. The Morgan fingerprint density at radius 2 is 1.84 bits per heavy atom. The number of carbonyl (C=O) groups excluding carboxylic acids is 1. The topological polar surface area (TPSA) is 40.3 Å². The Morgan fingerprint density at radius 3 is 2.32 bits per heavy atom. The average molecular weight is 272 g/mol. The van der Waals surface area contributed by atoms with Crippen LogP contribution in [0.15, 0.2) is 36.4 Å². The number of allylic oxidation sites excluding steroid dienone is 2. The van der Waals surface area contributed by atoms with Crippen LogP contribution >= 0.6 is 0 Å².